The Labute approximate surface area is 153 Å². The lowest BCUT2D eigenvalue weighted by molar-refractivity contribution is -0.143. The molecular formula is C14H22N4O9. The Morgan fingerprint density at radius 2 is 1.52 bits per heavy atom. The molecule has 152 valence electrons. The van der Waals surface area contributed by atoms with Crippen molar-refractivity contribution in [2.75, 3.05) is 6.54 Å². The normalized spacial score (nSPS) is 13.6. The number of hydrogen-bond donors (Lipinski definition) is 7. The Hall–Kier alpha value is -3.22. The number of hydrogen-bond acceptors (Lipinski definition) is 7. The highest BCUT2D eigenvalue weighted by Gasteiger charge is 2.24. The van der Waals surface area contributed by atoms with Crippen LogP contribution in [-0.2, 0) is 28.8 Å². The molecule has 0 saturated carbocycles. The smallest absolute Gasteiger partial charge is 0.326 e. The maximum absolute atomic E-state index is 11.8. The van der Waals surface area contributed by atoms with E-state index in [1.165, 1.54) is 6.92 Å². The van der Waals surface area contributed by atoms with Crippen LogP contribution in [0.2, 0.25) is 0 Å². The molecule has 0 spiro atoms. The van der Waals surface area contributed by atoms with Gasteiger partial charge in [-0.1, -0.05) is 0 Å². The molecule has 0 bridgehead atoms. The summed E-state index contributed by atoms with van der Waals surface area (Å²) in [7, 11) is 0. The fourth-order valence-corrected chi connectivity index (χ4v) is 1.76. The highest BCUT2D eigenvalue weighted by atomic mass is 16.4. The second-order valence-electron chi connectivity index (χ2n) is 5.54. The van der Waals surface area contributed by atoms with Gasteiger partial charge in [0.1, 0.15) is 12.1 Å². The van der Waals surface area contributed by atoms with E-state index in [1.54, 1.807) is 0 Å². The fraction of sp³-hybridized carbons (Fsp3) is 0.571. The Kier molecular flexibility index (Phi) is 10.0. The Balaban J connectivity index is 4.43. The predicted molar refractivity (Wildman–Crippen MR) is 87.3 cm³/mol. The van der Waals surface area contributed by atoms with Gasteiger partial charge in [-0.25, -0.2) is 4.79 Å². The summed E-state index contributed by atoms with van der Waals surface area (Å²) in [5, 5.41) is 32.4. The number of nitrogens with two attached hydrogens (primary N) is 1. The van der Waals surface area contributed by atoms with Crippen LogP contribution < -0.4 is 21.7 Å². The van der Waals surface area contributed by atoms with E-state index in [0.29, 0.717) is 0 Å². The van der Waals surface area contributed by atoms with Crippen molar-refractivity contribution < 1.29 is 44.1 Å². The second kappa shape index (κ2) is 11.4. The van der Waals surface area contributed by atoms with Crippen LogP contribution in [-0.4, -0.2) is 75.6 Å². The molecule has 3 atom stereocenters. The van der Waals surface area contributed by atoms with Crippen molar-refractivity contribution in [2.45, 2.75) is 44.3 Å². The first-order valence-electron chi connectivity index (χ1n) is 7.73. The molecule has 0 rings (SSSR count). The summed E-state index contributed by atoms with van der Waals surface area (Å²) in [5.74, 6) is -6.48. The molecule has 0 aromatic carbocycles. The lowest BCUT2D eigenvalue weighted by atomic mass is 10.1. The van der Waals surface area contributed by atoms with Crippen molar-refractivity contribution in [2.24, 2.45) is 5.73 Å². The van der Waals surface area contributed by atoms with E-state index in [-0.39, 0.29) is 6.42 Å². The van der Waals surface area contributed by atoms with Crippen LogP contribution in [0.3, 0.4) is 0 Å². The highest BCUT2D eigenvalue weighted by Crippen LogP contribution is 1.98. The summed E-state index contributed by atoms with van der Waals surface area (Å²) < 4.78 is 0. The summed E-state index contributed by atoms with van der Waals surface area (Å²) in [4.78, 5) is 67.0. The maximum atomic E-state index is 11.8. The molecule has 0 aliphatic heterocycles. The lowest BCUT2D eigenvalue weighted by Gasteiger charge is -2.17. The summed E-state index contributed by atoms with van der Waals surface area (Å²) >= 11 is 0. The first-order chi connectivity index (χ1) is 12.4. The van der Waals surface area contributed by atoms with E-state index >= 15 is 0 Å². The maximum Gasteiger partial charge on any atom is 0.326 e. The van der Waals surface area contributed by atoms with Gasteiger partial charge in [0.2, 0.25) is 17.7 Å². The van der Waals surface area contributed by atoms with Crippen LogP contribution in [0.1, 0.15) is 26.2 Å². The number of rotatable bonds is 12. The van der Waals surface area contributed by atoms with Crippen molar-refractivity contribution in [1.82, 2.24) is 16.0 Å². The molecule has 0 aromatic heterocycles. The van der Waals surface area contributed by atoms with Gasteiger partial charge in [0, 0.05) is 6.42 Å². The number of carboxylic acid groups (broad SMARTS) is 3. The molecular weight excluding hydrogens is 368 g/mol. The van der Waals surface area contributed by atoms with E-state index < -0.39 is 73.1 Å². The molecule has 0 fully saturated rings. The van der Waals surface area contributed by atoms with Gasteiger partial charge >= 0.3 is 17.9 Å². The summed E-state index contributed by atoms with van der Waals surface area (Å²) in [6, 6.07) is -3.92. The number of aliphatic carboxylic acids is 3. The van der Waals surface area contributed by atoms with Gasteiger partial charge < -0.3 is 37.0 Å². The van der Waals surface area contributed by atoms with Crippen LogP contribution in [0.5, 0.6) is 0 Å². The number of carbonyl (C=O) groups is 6. The van der Waals surface area contributed by atoms with E-state index in [9.17, 15) is 28.8 Å². The minimum Gasteiger partial charge on any atom is -0.481 e. The monoisotopic (exact) mass is 390 g/mol. The Morgan fingerprint density at radius 3 is 2.00 bits per heavy atom. The number of carboxylic acids is 3. The molecule has 8 N–H and O–H groups in total. The Bertz CT molecular complexity index is 607. The zero-order chi connectivity index (χ0) is 21.1. The number of nitrogens with one attached hydrogen (secondary N) is 3. The van der Waals surface area contributed by atoms with Crippen molar-refractivity contribution in [1.29, 1.82) is 0 Å². The third kappa shape index (κ3) is 10.4. The largest absolute Gasteiger partial charge is 0.481 e. The fourth-order valence-electron chi connectivity index (χ4n) is 1.76. The van der Waals surface area contributed by atoms with E-state index in [4.69, 9.17) is 21.1 Å². The lowest BCUT2D eigenvalue weighted by Crippen LogP contribution is -2.52. The standard InChI is InChI=1S/C14H22N4O9/c1-6(17-13(25)7(15)4-11(22)23)12(24)16-5-9(19)18-8(14(26)27)2-3-10(20)21/h6-8H,2-5,15H2,1H3,(H,16,24)(H,17,25)(H,18,19)(H,20,21)(H,22,23)(H,26,27). The van der Waals surface area contributed by atoms with Crippen molar-refractivity contribution in [3.05, 3.63) is 0 Å². The summed E-state index contributed by atoms with van der Waals surface area (Å²) in [5.41, 5.74) is 5.34. The predicted octanol–water partition coefficient (Wildman–Crippen LogP) is -3.16. The van der Waals surface area contributed by atoms with Gasteiger partial charge in [-0.3, -0.25) is 24.0 Å². The van der Waals surface area contributed by atoms with Crippen LogP contribution in [0, 0.1) is 0 Å². The SMILES string of the molecule is CC(NC(=O)C(N)CC(=O)O)C(=O)NCC(=O)NC(CCC(=O)O)C(=O)O. The molecule has 13 heteroatoms. The van der Waals surface area contributed by atoms with Crippen LogP contribution in [0.15, 0.2) is 0 Å². The molecule has 13 nitrogen and oxygen atoms in total. The van der Waals surface area contributed by atoms with E-state index in [1.807, 2.05) is 0 Å². The molecule has 0 aromatic rings. The van der Waals surface area contributed by atoms with E-state index in [0.717, 1.165) is 0 Å². The molecule has 0 heterocycles. The number of amides is 3. The van der Waals surface area contributed by atoms with Crippen molar-refractivity contribution in [3.63, 3.8) is 0 Å². The van der Waals surface area contributed by atoms with Gasteiger partial charge in [0.15, 0.2) is 0 Å². The molecule has 0 radical (unpaired) electrons. The average molecular weight is 390 g/mol. The van der Waals surface area contributed by atoms with Crippen molar-refractivity contribution in [3.8, 4) is 0 Å². The zero-order valence-electron chi connectivity index (χ0n) is 14.4. The molecule has 0 aliphatic rings. The third-order valence-corrected chi connectivity index (χ3v) is 3.19. The minimum absolute atomic E-state index is 0.335. The second-order valence-corrected chi connectivity index (χ2v) is 5.54. The summed E-state index contributed by atoms with van der Waals surface area (Å²) in [6.07, 6.45) is -1.43. The third-order valence-electron chi connectivity index (χ3n) is 3.19. The zero-order valence-corrected chi connectivity index (χ0v) is 14.4. The van der Waals surface area contributed by atoms with Gasteiger partial charge in [-0.05, 0) is 13.3 Å². The van der Waals surface area contributed by atoms with Gasteiger partial charge in [0.25, 0.3) is 0 Å². The first-order valence-corrected chi connectivity index (χ1v) is 7.73. The van der Waals surface area contributed by atoms with Gasteiger partial charge in [0.05, 0.1) is 19.0 Å². The van der Waals surface area contributed by atoms with Crippen LogP contribution >= 0.6 is 0 Å². The first kappa shape index (κ1) is 23.8. The quantitative estimate of drug-likeness (QED) is 0.177. The average Bonchev–Trinajstić information content (AvgIpc) is 2.54. The van der Waals surface area contributed by atoms with Crippen LogP contribution in [0.4, 0.5) is 0 Å². The molecule has 27 heavy (non-hydrogen) atoms. The van der Waals surface area contributed by atoms with Gasteiger partial charge in [-0.15, -0.1) is 0 Å². The van der Waals surface area contributed by atoms with Gasteiger partial charge in [-0.2, -0.15) is 0 Å². The Morgan fingerprint density at radius 1 is 0.926 bits per heavy atom. The molecule has 0 saturated heterocycles. The minimum atomic E-state index is -1.43. The molecule has 0 aliphatic carbocycles. The van der Waals surface area contributed by atoms with Crippen molar-refractivity contribution >= 4 is 35.6 Å². The van der Waals surface area contributed by atoms with Crippen LogP contribution in [0.25, 0.3) is 0 Å². The molecule has 3 amide bonds. The number of carbonyl (C=O) groups excluding carboxylic acids is 3. The molecule has 3 unspecified atom stereocenters. The van der Waals surface area contributed by atoms with E-state index in [2.05, 4.69) is 16.0 Å². The summed E-state index contributed by atoms with van der Waals surface area (Å²) in [6.45, 7) is 0.655. The topological polar surface area (TPSA) is 225 Å². The highest BCUT2D eigenvalue weighted by molar-refractivity contribution is 5.93.